The van der Waals surface area contributed by atoms with Crippen molar-refractivity contribution >= 4 is 11.6 Å². The molecule has 1 aromatic carbocycles. The third-order valence-electron chi connectivity index (χ3n) is 4.65. The van der Waals surface area contributed by atoms with Gasteiger partial charge in [-0.2, -0.15) is 0 Å². The van der Waals surface area contributed by atoms with Crippen LogP contribution >= 0.6 is 0 Å². The lowest BCUT2D eigenvalue weighted by molar-refractivity contribution is 0.160. The van der Waals surface area contributed by atoms with Gasteiger partial charge < -0.3 is 16.0 Å². The summed E-state index contributed by atoms with van der Waals surface area (Å²) in [6, 6.07) is 9.10. The van der Waals surface area contributed by atoms with E-state index in [1.165, 1.54) is 31.4 Å². The fraction of sp³-hybridized carbons (Fsp3) is 0.632. The van der Waals surface area contributed by atoms with Gasteiger partial charge in [-0.05, 0) is 56.3 Å². The van der Waals surface area contributed by atoms with Crippen molar-refractivity contribution in [2.45, 2.75) is 58.4 Å². The topological polar surface area (TPSA) is 53.6 Å². The van der Waals surface area contributed by atoms with E-state index in [9.17, 15) is 0 Å². The Morgan fingerprint density at radius 1 is 1.39 bits per heavy atom. The molecule has 0 aliphatic carbocycles. The fourth-order valence-electron chi connectivity index (χ4n) is 3.13. The molecule has 4 heteroatoms. The summed E-state index contributed by atoms with van der Waals surface area (Å²) in [6.07, 6.45) is 5.11. The molecule has 1 saturated heterocycles. The molecule has 1 fully saturated rings. The molecule has 0 bridgehead atoms. The molecule has 2 rings (SSSR count). The average Bonchev–Trinajstić information content (AvgIpc) is 2.53. The smallest absolute Gasteiger partial charge is 0.193 e. The monoisotopic (exact) mass is 316 g/mol. The van der Waals surface area contributed by atoms with Gasteiger partial charge in [-0.15, -0.1) is 0 Å². The Balaban J connectivity index is 1.75. The molecule has 128 valence electrons. The highest BCUT2D eigenvalue weighted by Crippen LogP contribution is 2.18. The molecule has 3 N–H and O–H groups in total. The quantitative estimate of drug-likeness (QED) is 0.477. The first-order valence-corrected chi connectivity index (χ1v) is 8.97. The van der Waals surface area contributed by atoms with E-state index >= 15 is 0 Å². The van der Waals surface area contributed by atoms with Crippen LogP contribution in [0.25, 0.3) is 0 Å². The van der Waals surface area contributed by atoms with E-state index in [4.69, 9.17) is 5.73 Å². The van der Waals surface area contributed by atoms with Crippen LogP contribution < -0.4 is 11.1 Å². The number of rotatable bonds is 6. The summed E-state index contributed by atoms with van der Waals surface area (Å²) in [7, 11) is 0. The average molecular weight is 316 g/mol. The minimum absolute atomic E-state index is 0.512. The summed E-state index contributed by atoms with van der Waals surface area (Å²) < 4.78 is 0. The second kappa shape index (κ2) is 8.92. The molecule has 1 unspecified atom stereocenters. The van der Waals surface area contributed by atoms with Crippen molar-refractivity contribution in [2.24, 2.45) is 10.7 Å². The Labute approximate surface area is 141 Å². The summed E-state index contributed by atoms with van der Waals surface area (Å²) in [5.41, 5.74) is 8.33. The highest BCUT2D eigenvalue weighted by atomic mass is 15.2. The van der Waals surface area contributed by atoms with Crippen molar-refractivity contribution < 1.29 is 0 Å². The van der Waals surface area contributed by atoms with Crippen molar-refractivity contribution in [3.63, 3.8) is 0 Å². The first kappa shape index (κ1) is 17.8. The minimum Gasteiger partial charge on any atom is -0.370 e. The largest absolute Gasteiger partial charge is 0.370 e. The first-order valence-electron chi connectivity index (χ1n) is 8.97. The number of piperidine rings is 1. The van der Waals surface area contributed by atoms with Crippen LogP contribution in [0.5, 0.6) is 0 Å². The van der Waals surface area contributed by atoms with Gasteiger partial charge in [0.25, 0.3) is 0 Å². The van der Waals surface area contributed by atoms with E-state index in [0.717, 1.165) is 31.2 Å². The normalized spacial score (nSPS) is 20.0. The third-order valence-corrected chi connectivity index (χ3v) is 4.65. The molecule has 1 heterocycles. The van der Waals surface area contributed by atoms with E-state index in [2.05, 4.69) is 54.2 Å². The van der Waals surface area contributed by atoms with Gasteiger partial charge in [0.1, 0.15) is 0 Å². The number of likely N-dealkylation sites (tertiary alicyclic amines) is 1. The van der Waals surface area contributed by atoms with Gasteiger partial charge in [-0.1, -0.05) is 32.4 Å². The van der Waals surface area contributed by atoms with E-state index in [-0.39, 0.29) is 0 Å². The van der Waals surface area contributed by atoms with Crippen LogP contribution in [-0.2, 0) is 0 Å². The Morgan fingerprint density at radius 3 is 2.96 bits per heavy atom. The maximum absolute atomic E-state index is 6.00. The lowest BCUT2D eigenvalue weighted by Gasteiger charge is -2.33. The molecule has 0 aromatic heterocycles. The molecule has 0 radical (unpaired) electrons. The molecular formula is C19H32N4. The number of hydrogen-bond acceptors (Lipinski definition) is 2. The molecule has 1 aliphatic heterocycles. The van der Waals surface area contributed by atoms with E-state index in [0.29, 0.717) is 11.9 Å². The van der Waals surface area contributed by atoms with Crippen LogP contribution in [0.15, 0.2) is 29.3 Å². The van der Waals surface area contributed by atoms with Crippen molar-refractivity contribution in [1.82, 2.24) is 4.90 Å². The SMILES string of the molecule is CC(C)c1cccc(NC(N)=NCCCN2CCCCC2C)c1. The van der Waals surface area contributed by atoms with Crippen LogP contribution in [0.4, 0.5) is 5.69 Å². The number of guanidine groups is 1. The Bertz CT molecular complexity index is 510. The zero-order valence-electron chi connectivity index (χ0n) is 14.9. The molecular weight excluding hydrogens is 284 g/mol. The predicted octanol–water partition coefficient (Wildman–Crippen LogP) is 3.80. The van der Waals surface area contributed by atoms with Crippen LogP contribution in [0.2, 0.25) is 0 Å². The van der Waals surface area contributed by atoms with Crippen molar-refractivity contribution in [3.8, 4) is 0 Å². The summed E-state index contributed by atoms with van der Waals surface area (Å²) in [4.78, 5) is 7.04. The Morgan fingerprint density at radius 2 is 2.22 bits per heavy atom. The second-order valence-corrected chi connectivity index (χ2v) is 6.91. The van der Waals surface area contributed by atoms with Gasteiger partial charge >= 0.3 is 0 Å². The Kier molecular flexibility index (Phi) is 6.90. The minimum atomic E-state index is 0.512. The number of benzene rings is 1. The van der Waals surface area contributed by atoms with Crippen LogP contribution in [0.1, 0.15) is 57.9 Å². The van der Waals surface area contributed by atoms with Crippen molar-refractivity contribution in [2.75, 3.05) is 25.0 Å². The van der Waals surface area contributed by atoms with Crippen molar-refractivity contribution in [3.05, 3.63) is 29.8 Å². The third kappa shape index (κ3) is 5.87. The number of anilines is 1. The predicted molar refractivity (Wildman–Crippen MR) is 100 cm³/mol. The first-order chi connectivity index (χ1) is 11.1. The van der Waals surface area contributed by atoms with Crippen LogP contribution in [-0.4, -0.2) is 36.5 Å². The van der Waals surface area contributed by atoms with Crippen LogP contribution in [0.3, 0.4) is 0 Å². The van der Waals surface area contributed by atoms with Gasteiger partial charge in [0.05, 0.1) is 0 Å². The zero-order valence-corrected chi connectivity index (χ0v) is 14.9. The number of nitrogens with two attached hydrogens (primary N) is 1. The molecule has 0 spiro atoms. The van der Waals surface area contributed by atoms with Gasteiger partial charge in [-0.25, -0.2) is 0 Å². The lowest BCUT2D eigenvalue weighted by atomic mass is 10.0. The number of nitrogens with one attached hydrogen (secondary N) is 1. The molecule has 4 nitrogen and oxygen atoms in total. The number of hydrogen-bond donors (Lipinski definition) is 2. The van der Waals surface area contributed by atoms with Gasteiger partial charge in [-0.3, -0.25) is 4.99 Å². The summed E-state index contributed by atoms with van der Waals surface area (Å²) in [5, 5.41) is 3.20. The number of nitrogens with zero attached hydrogens (tertiary/aromatic N) is 2. The van der Waals surface area contributed by atoms with E-state index in [1.807, 2.05) is 6.07 Å². The Hall–Kier alpha value is -1.55. The summed E-state index contributed by atoms with van der Waals surface area (Å²) >= 11 is 0. The van der Waals surface area contributed by atoms with Gasteiger partial charge in [0.2, 0.25) is 0 Å². The van der Waals surface area contributed by atoms with E-state index < -0.39 is 0 Å². The standard InChI is InChI=1S/C19H32N4/c1-15(2)17-9-6-10-18(14-17)22-19(20)21-11-7-13-23-12-5-4-8-16(23)3/h6,9-10,14-16H,4-5,7-8,11-13H2,1-3H3,(H3,20,21,22). The van der Waals surface area contributed by atoms with Crippen molar-refractivity contribution in [1.29, 1.82) is 0 Å². The molecule has 23 heavy (non-hydrogen) atoms. The molecule has 1 aliphatic rings. The molecule has 0 saturated carbocycles. The molecule has 0 amide bonds. The van der Waals surface area contributed by atoms with E-state index in [1.54, 1.807) is 0 Å². The summed E-state index contributed by atoms with van der Waals surface area (Å²) in [6.45, 7) is 9.86. The highest BCUT2D eigenvalue weighted by Gasteiger charge is 2.16. The molecule has 1 atom stereocenters. The van der Waals surface area contributed by atoms with Gasteiger partial charge in [0.15, 0.2) is 5.96 Å². The summed E-state index contributed by atoms with van der Waals surface area (Å²) in [5.74, 6) is 1.03. The van der Waals surface area contributed by atoms with Crippen LogP contribution in [0, 0.1) is 0 Å². The van der Waals surface area contributed by atoms with Gasteiger partial charge in [0, 0.05) is 24.8 Å². The maximum Gasteiger partial charge on any atom is 0.193 e. The maximum atomic E-state index is 6.00. The highest BCUT2D eigenvalue weighted by molar-refractivity contribution is 5.92. The second-order valence-electron chi connectivity index (χ2n) is 6.91. The lowest BCUT2D eigenvalue weighted by Crippen LogP contribution is -2.38. The zero-order chi connectivity index (χ0) is 16.7. The molecule has 1 aromatic rings. The fourth-order valence-corrected chi connectivity index (χ4v) is 3.13. The number of aliphatic imine (C=N–C) groups is 1.